The summed E-state index contributed by atoms with van der Waals surface area (Å²) >= 11 is 6.10. The summed E-state index contributed by atoms with van der Waals surface area (Å²) in [5.41, 5.74) is 0.646. The lowest BCUT2D eigenvalue weighted by molar-refractivity contribution is 0.358. The van der Waals surface area contributed by atoms with Crippen molar-refractivity contribution < 1.29 is 8.42 Å². The van der Waals surface area contributed by atoms with Gasteiger partial charge in [0.2, 0.25) is 10.0 Å². The van der Waals surface area contributed by atoms with Crippen LogP contribution in [0.2, 0.25) is 5.02 Å². The van der Waals surface area contributed by atoms with E-state index < -0.39 is 10.0 Å². The van der Waals surface area contributed by atoms with Gasteiger partial charge in [-0.1, -0.05) is 31.4 Å². The normalized spacial score (nSPS) is 24.2. The number of benzene rings is 1. The van der Waals surface area contributed by atoms with Crippen molar-refractivity contribution in [3.8, 4) is 0 Å². The highest BCUT2D eigenvalue weighted by molar-refractivity contribution is 7.89. The van der Waals surface area contributed by atoms with Crippen LogP contribution >= 0.6 is 11.6 Å². The van der Waals surface area contributed by atoms with Gasteiger partial charge in [0, 0.05) is 6.04 Å². The number of halogens is 1. The number of hydrogen-bond acceptors (Lipinski definition) is 3. The van der Waals surface area contributed by atoms with Crippen LogP contribution in [0, 0.1) is 5.92 Å². The second kappa shape index (κ2) is 5.69. The molecule has 4 nitrogen and oxygen atoms in total. The van der Waals surface area contributed by atoms with E-state index in [4.69, 9.17) is 16.7 Å². The molecule has 0 amide bonds. The third kappa shape index (κ3) is 3.84. The fourth-order valence-electron chi connectivity index (χ4n) is 2.58. The zero-order chi connectivity index (χ0) is 14.0. The van der Waals surface area contributed by atoms with Crippen LogP contribution in [0.5, 0.6) is 0 Å². The predicted octanol–water partition coefficient (Wildman–Crippen LogP) is 2.98. The Morgan fingerprint density at radius 2 is 2.11 bits per heavy atom. The molecule has 106 valence electrons. The van der Waals surface area contributed by atoms with Gasteiger partial charge in [0.1, 0.15) is 0 Å². The van der Waals surface area contributed by atoms with E-state index in [0.29, 0.717) is 22.7 Å². The first kappa shape index (κ1) is 14.6. The lowest BCUT2D eigenvalue weighted by Gasteiger charge is -2.28. The van der Waals surface area contributed by atoms with Gasteiger partial charge in [-0.2, -0.15) is 0 Å². The van der Waals surface area contributed by atoms with Gasteiger partial charge < -0.3 is 5.32 Å². The zero-order valence-corrected chi connectivity index (χ0v) is 12.5. The second-order valence-electron chi connectivity index (χ2n) is 5.30. The minimum atomic E-state index is -3.69. The molecule has 0 bridgehead atoms. The van der Waals surface area contributed by atoms with Gasteiger partial charge in [0.25, 0.3) is 0 Å². The highest BCUT2D eigenvalue weighted by Crippen LogP contribution is 2.30. The van der Waals surface area contributed by atoms with Gasteiger partial charge in [-0.25, -0.2) is 13.6 Å². The molecule has 1 saturated carbocycles. The molecule has 1 aliphatic rings. The third-order valence-corrected chi connectivity index (χ3v) is 4.80. The smallest absolute Gasteiger partial charge is 0.238 e. The van der Waals surface area contributed by atoms with Gasteiger partial charge in [-0.05, 0) is 37.0 Å². The van der Waals surface area contributed by atoms with Crippen molar-refractivity contribution in [1.29, 1.82) is 0 Å². The molecule has 2 unspecified atom stereocenters. The molecule has 1 aromatic carbocycles. The number of anilines is 1. The van der Waals surface area contributed by atoms with Crippen molar-refractivity contribution in [2.45, 2.75) is 43.5 Å². The minimum absolute atomic E-state index is 0.0863. The summed E-state index contributed by atoms with van der Waals surface area (Å²) < 4.78 is 22.7. The van der Waals surface area contributed by atoms with E-state index in [1.165, 1.54) is 25.0 Å². The first-order valence-electron chi connectivity index (χ1n) is 6.45. The van der Waals surface area contributed by atoms with Crippen molar-refractivity contribution in [2.24, 2.45) is 11.1 Å². The minimum Gasteiger partial charge on any atom is -0.381 e. The van der Waals surface area contributed by atoms with Gasteiger partial charge >= 0.3 is 0 Å². The maximum atomic E-state index is 11.3. The summed E-state index contributed by atoms with van der Waals surface area (Å²) in [5.74, 6) is 0.687. The Morgan fingerprint density at radius 3 is 2.74 bits per heavy atom. The fourth-order valence-corrected chi connectivity index (χ4v) is 3.29. The molecule has 3 N–H and O–H groups in total. The molecular weight excluding hydrogens is 284 g/mol. The van der Waals surface area contributed by atoms with Gasteiger partial charge in [-0.15, -0.1) is 0 Å². The van der Waals surface area contributed by atoms with Gasteiger partial charge in [-0.3, -0.25) is 0 Å². The number of hydrogen-bond donors (Lipinski definition) is 2. The monoisotopic (exact) mass is 302 g/mol. The molecule has 0 saturated heterocycles. The molecule has 0 aromatic heterocycles. The van der Waals surface area contributed by atoms with E-state index in [9.17, 15) is 8.42 Å². The van der Waals surface area contributed by atoms with Crippen LogP contribution in [0.25, 0.3) is 0 Å². The standard InChI is InChI=1S/C13H19ClN2O2S/c1-9-3-2-4-10(7-9)16-13-8-11(19(15,17)18)5-6-12(13)14/h5-6,8-10,16H,2-4,7H2,1H3,(H2,15,17,18). The van der Waals surface area contributed by atoms with Gasteiger partial charge in [0.15, 0.2) is 0 Å². The number of nitrogens with one attached hydrogen (secondary N) is 1. The Kier molecular flexibility index (Phi) is 4.38. The van der Waals surface area contributed by atoms with E-state index in [2.05, 4.69) is 12.2 Å². The Labute approximate surface area is 119 Å². The average Bonchev–Trinajstić information content (AvgIpc) is 2.30. The summed E-state index contributed by atoms with van der Waals surface area (Å²) in [5, 5.41) is 8.99. The Morgan fingerprint density at radius 1 is 1.37 bits per heavy atom. The first-order chi connectivity index (χ1) is 8.86. The number of nitrogens with two attached hydrogens (primary N) is 1. The van der Waals surface area contributed by atoms with E-state index >= 15 is 0 Å². The van der Waals surface area contributed by atoms with Crippen LogP contribution in [0.15, 0.2) is 23.1 Å². The van der Waals surface area contributed by atoms with Crippen molar-refractivity contribution in [1.82, 2.24) is 0 Å². The van der Waals surface area contributed by atoms with Crippen LogP contribution < -0.4 is 10.5 Å². The molecule has 0 heterocycles. The predicted molar refractivity (Wildman–Crippen MR) is 77.9 cm³/mol. The van der Waals surface area contributed by atoms with E-state index in [1.54, 1.807) is 6.07 Å². The van der Waals surface area contributed by atoms with Crippen molar-refractivity contribution in [3.63, 3.8) is 0 Å². The van der Waals surface area contributed by atoms with E-state index in [1.807, 2.05) is 0 Å². The molecule has 0 aliphatic heterocycles. The van der Waals surface area contributed by atoms with E-state index in [-0.39, 0.29) is 4.90 Å². The largest absolute Gasteiger partial charge is 0.381 e. The molecule has 19 heavy (non-hydrogen) atoms. The summed E-state index contributed by atoms with van der Waals surface area (Å²) in [7, 11) is -3.69. The van der Waals surface area contributed by atoms with Crippen LogP contribution in [-0.4, -0.2) is 14.5 Å². The third-order valence-electron chi connectivity index (χ3n) is 3.56. The maximum Gasteiger partial charge on any atom is 0.238 e. The summed E-state index contributed by atoms with van der Waals surface area (Å²) in [6, 6.07) is 4.84. The summed E-state index contributed by atoms with van der Waals surface area (Å²) in [6.07, 6.45) is 4.60. The highest BCUT2D eigenvalue weighted by atomic mass is 35.5. The van der Waals surface area contributed by atoms with Crippen LogP contribution in [0.3, 0.4) is 0 Å². The van der Waals surface area contributed by atoms with E-state index in [0.717, 1.165) is 12.8 Å². The van der Waals surface area contributed by atoms with Crippen LogP contribution in [0.1, 0.15) is 32.6 Å². The molecule has 1 aliphatic carbocycles. The molecule has 6 heteroatoms. The highest BCUT2D eigenvalue weighted by Gasteiger charge is 2.20. The number of rotatable bonds is 3. The Hall–Kier alpha value is -0.780. The lowest BCUT2D eigenvalue weighted by atomic mass is 9.87. The number of primary sulfonamides is 1. The fraction of sp³-hybridized carbons (Fsp3) is 0.538. The quantitative estimate of drug-likeness (QED) is 0.901. The zero-order valence-electron chi connectivity index (χ0n) is 10.9. The van der Waals surface area contributed by atoms with Crippen LogP contribution in [0.4, 0.5) is 5.69 Å². The van der Waals surface area contributed by atoms with Crippen molar-refractivity contribution in [2.75, 3.05) is 5.32 Å². The molecule has 0 radical (unpaired) electrons. The molecular formula is C13H19ClN2O2S. The van der Waals surface area contributed by atoms with Crippen molar-refractivity contribution in [3.05, 3.63) is 23.2 Å². The summed E-state index contributed by atoms with van der Waals surface area (Å²) in [4.78, 5) is 0.0863. The lowest BCUT2D eigenvalue weighted by Crippen LogP contribution is -2.26. The molecule has 1 aromatic rings. The summed E-state index contributed by atoms with van der Waals surface area (Å²) in [6.45, 7) is 2.23. The molecule has 0 spiro atoms. The second-order valence-corrected chi connectivity index (χ2v) is 7.27. The van der Waals surface area contributed by atoms with Crippen molar-refractivity contribution >= 4 is 27.3 Å². The van der Waals surface area contributed by atoms with Crippen LogP contribution in [-0.2, 0) is 10.0 Å². The Bertz CT molecular complexity index is 560. The number of sulfonamides is 1. The first-order valence-corrected chi connectivity index (χ1v) is 8.37. The van der Waals surface area contributed by atoms with Gasteiger partial charge in [0.05, 0.1) is 15.6 Å². The molecule has 2 rings (SSSR count). The SMILES string of the molecule is CC1CCCC(Nc2cc(S(N)(=O)=O)ccc2Cl)C1. The molecule has 2 atom stereocenters. The maximum absolute atomic E-state index is 11.3. The molecule has 1 fully saturated rings. The topological polar surface area (TPSA) is 72.2 Å². The average molecular weight is 303 g/mol. The Balaban J connectivity index is 2.19.